The van der Waals surface area contributed by atoms with Gasteiger partial charge in [0, 0.05) is 19.0 Å². The Morgan fingerprint density at radius 3 is 2.36 bits per heavy atom. The Kier molecular flexibility index (Phi) is 4.44. The van der Waals surface area contributed by atoms with Gasteiger partial charge in [-0.3, -0.25) is 4.79 Å². The molecule has 1 unspecified atom stereocenters. The monoisotopic (exact) mass is 311 g/mol. The maximum Gasteiger partial charge on any atom is 0.415 e. The Hall–Kier alpha value is -2.44. The molecular weight excluding hydrogens is 295 g/mol. The first-order valence-corrected chi connectivity index (χ1v) is 6.64. The highest BCUT2D eigenvalue weighted by atomic mass is 19.4. The van der Waals surface area contributed by atoms with E-state index in [2.05, 4.69) is 10.9 Å². The van der Waals surface area contributed by atoms with E-state index in [0.29, 0.717) is 5.70 Å². The minimum absolute atomic E-state index is 0.370. The van der Waals surface area contributed by atoms with Gasteiger partial charge in [-0.15, -0.1) is 0 Å². The molecule has 0 aromatic heterocycles. The van der Waals surface area contributed by atoms with Crippen molar-refractivity contribution in [1.82, 2.24) is 10.7 Å². The van der Waals surface area contributed by atoms with Crippen LogP contribution in [-0.4, -0.2) is 17.6 Å². The van der Waals surface area contributed by atoms with Crippen LogP contribution in [0.4, 0.5) is 18.9 Å². The number of halogens is 3. The molecule has 4 nitrogen and oxygen atoms in total. The predicted molar refractivity (Wildman–Crippen MR) is 77.6 cm³/mol. The van der Waals surface area contributed by atoms with Gasteiger partial charge in [-0.05, 0) is 24.3 Å². The second kappa shape index (κ2) is 6.13. The lowest BCUT2D eigenvalue weighted by atomic mass is 9.89. The van der Waals surface area contributed by atoms with Crippen LogP contribution in [0.15, 0.2) is 54.3 Å². The topological polar surface area (TPSA) is 53.2 Å². The Bertz CT molecular complexity index is 596. The predicted octanol–water partition coefficient (Wildman–Crippen LogP) is 2.88. The van der Waals surface area contributed by atoms with Crippen molar-refractivity contribution in [2.24, 2.45) is 0 Å². The van der Waals surface area contributed by atoms with Crippen molar-refractivity contribution in [3.63, 3.8) is 0 Å². The Balaban J connectivity index is 2.04. The molecule has 118 valence electrons. The van der Waals surface area contributed by atoms with Gasteiger partial charge in [-0.2, -0.15) is 13.2 Å². The zero-order valence-electron chi connectivity index (χ0n) is 11.9. The van der Waals surface area contributed by atoms with Crippen LogP contribution in [-0.2, 0) is 4.79 Å². The van der Waals surface area contributed by atoms with Gasteiger partial charge < -0.3 is 16.2 Å². The highest BCUT2D eigenvalue weighted by Crippen LogP contribution is 2.37. The number of nitrogens with one attached hydrogen (secondary N) is 3. The number of hydrogen-bond donors (Lipinski definition) is 3. The summed E-state index contributed by atoms with van der Waals surface area (Å²) < 4.78 is 39.6. The van der Waals surface area contributed by atoms with Gasteiger partial charge in [-0.1, -0.05) is 24.3 Å². The molecule has 0 spiro atoms. The molecule has 1 aliphatic rings. The van der Waals surface area contributed by atoms with Crippen molar-refractivity contribution in [3.05, 3.63) is 54.3 Å². The average molecular weight is 311 g/mol. The van der Waals surface area contributed by atoms with E-state index in [1.54, 1.807) is 0 Å². The highest BCUT2D eigenvalue weighted by Gasteiger charge is 2.53. The van der Waals surface area contributed by atoms with Crippen LogP contribution < -0.4 is 16.2 Å². The standard InChI is InChI=1S/C15H16F3N3O/c1-11(22)19-14(15(16,17)18)9-7-13(8-10-14)21-20-12-5-3-2-4-6-12/h2-9,20-21H,10H2,1H3,(H,19,22). The van der Waals surface area contributed by atoms with Gasteiger partial charge in [0.05, 0.1) is 5.69 Å². The summed E-state index contributed by atoms with van der Waals surface area (Å²) in [7, 11) is 0. The molecule has 2 rings (SSSR count). The number of amides is 1. The third-order valence-corrected chi connectivity index (χ3v) is 3.22. The summed E-state index contributed by atoms with van der Waals surface area (Å²) in [5, 5.41) is 1.99. The molecular formula is C15H16F3N3O. The summed E-state index contributed by atoms with van der Waals surface area (Å²) in [6, 6.07) is 9.16. The number of anilines is 1. The SMILES string of the molecule is CC(=O)NC1(C(F)(F)F)C=CC(NNc2ccccc2)=CC1. The number of carbonyl (C=O) groups is 1. The Morgan fingerprint density at radius 1 is 1.18 bits per heavy atom. The van der Waals surface area contributed by atoms with Crippen LogP contribution in [0.1, 0.15) is 13.3 Å². The molecule has 1 amide bonds. The van der Waals surface area contributed by atoms with Crippen LogP contribution in [0.3, 0.4) is 0 Å². The highest BCUT2D eigenvalue weighted by molar-refractivity contribution is 5.74. The van der Waals surface area contributed by atoms with Crippen molar-refractivity contribution in [3.8, 4) is 0 Å². The van der Waals surface area contributed by atoms with Gasteiger partial charge in [0.15, 0.2) is 5.54 Å². The van der Waals surface area contributed by atoms with E-state index in [1.807, 2.05) is 35.6 Å². The zero-order chi connectivity index (χ0) is 16.2. The molecule has 0 heterocycles. The van der Waals surface area contributed by atoms with Crippen LogP contribution in [0.2, 0.25) is 0 Å². The Morgan fingerprint density at radius 2 is 1.86 bits per heavy atom. The normalized spacial score (nSPS) is 21.0. The third-order valence-electron chi connectivity index (χ3n) is 3.22. The molecule has 0 aliphatic heterocycles. The van der Waals surface area contributed by atoms with Gasteiger partial charge in [0.2, 0.25) is 5.91 Å². The van der Waals surface area contributed by atoms with E-state index in [4.69, 9.17) is 0 Å². The smallest absolute Gasteiger partial charge is 0.339 e. The van der Waals surface area contributed by atoms with Crippen LogP contribution in [0.25, 0.3) is 0 Å². The molecule has 0 fully saturated rings. The van der Waals surface area contributed by atoms with Gasteiger partial charge >= 0.3 is 6.18 Å². The molecule has 0 bridgehead atoms. The molecule has 7 heteroatoms. The lowest BCUT2D eigenvalue weighted by molar-refractivity contribution is -0.183. The summed E-state index contributed by atoms with van der Waals surface area (Å²) in [5.74, 6) is -0.728. The largest absolute Gasteiger partial charge is 0.415 e. The molecule has 0 radical (unpaired) electrons. The van der Waals surface area contributed by atoms with Crippen molar-refractivity contribution in [2.75, 3.05) is 5.43 Å². The Labute approximate surface area is 126 Å². The maximum absolute atomic E-state index is 13.2. The van der Waals surface area contributed by atoms with Crippen molar-refractivity contribution in [1.29, 1.82) is 0 Å². The minimum atomic E-state index is -4.57. The number of hydrogen-bond acceptors (Lipinski definition) is 3. The van der Waals surface area contributed by atoms with Crippen molar-refractivity contribution >= 4 is 11.6 Å². The van der Waals surface area contributed by atoms with E-state index in [1.165, 1.54) is 12.2 Å². The van der Waals surface area contributed by atoms with Crippen LogP contribution in [0, 0.1) is 0 Å². The summed E-state index contributed by atoms with van der Waals surface area (Å²) >= 11 is 0. The summed E-state index contributed by atoms with van der Waals surface area (Å²) in [6.45, 7) is 1.07. The van der Waals surface area contributed by atoms with Crippen LogP contribution >= 0.6 is 0 Å². The van der Waals surface area contributed by atoms with Crippen molar-refractivity contribution in [2.45, 2.75) is 25.1 Å². The fourth-order valence-corrected chi connectivity index (χ4v) is 2.09. The third kappa shape index (κ3) is 3.60. The first kappa shape index (κ1) is 15.9. The number of rotatable bonds is 4. The molecule has 1 aliphatic carbocycles. The van der Waals surface area contributed by atoms with Gasteiger partial charge in [0.1, 0.15) is 0 Å². The summed E-state index contributed by atoms with van der Waals surface area (Å²) in [5.41, 5.74) is 4.64. The van der Waals surface area contributed by atoms with Crippen molar-refractivity contribution < 1.29 is 18.0 Å². The second-order valence-corrected chi connectivity index (χ2v) is 4.96. The van der Waals surface area contributed by atoms with E-state index in [0.717, 1.165) is 18.7 Å². The molecule has 1 atom stereocenters. The first-order chi connectivity index (χ1) is 10.3. The second-order valence-electron chi connectivity index (χ2n) is 4.96. The molecule has 1 aromatic rings. The number of hydrazine groups is 1. The first-order valence-electron chi connectivity index (χ1n) is 6.64. The zero-order valence-corrected chi connectivity index (χ0v) is 11.9. The fourth-order valence-electron chi connectivity index (χ4n) is 2.09. The number of benzene rings is 1. The van der Waals surface area contributed by atoms with E-state index in [-0.39, 0.29) is 6.42 Å². The van der Waals surface area contributed by atoms with Crippen LogP contribution in [0.5, 0.6) is 0 Å². The minimum Gasteiger partial charge on any atom is -0.339 e. The number of carbonyl (C=O) groups excluding carboxylic acids is 1. The maximum atomic E-state index is 13.2. The number of alkyl halides is 3. The summed E-state index contributed by atoms with van der Waals surface area (Å²) in [4.78, 5) is 11.1. The lowest BCUT2D eigenvalue weighted by Crippen LogP contribution is -2.57. The van der Waals surface area contributed by atoms with E-state index in [9.17, 15) is 18.0 Å². The molecule has 22 heavy (non-hydrogen) atoms. The molecule has 0 saturated heterocycles. The molecule has 0 saturated carbocycles. The van der Waals surface area contributed by atoms with E-state index < -0.39 is 17.6 Å². The number of para-hydroxylation sites is 1. The van der Waals surface area contributed by atoms with E-state index >= 15 is 0 Å². The molecule has 1 aromatic carbocycles. The number of allylic oxidation sites excluding steroid dienone is 1. The van der Waals surface area contributed by atoms with Gasteiger partial charge in [0.25, 0.3) is 0 Å². The van der Waals surface area contributed by atoms with Gasteiger partial charge in [-0.25, -0.2) is 0 Å². The quantitative estimate of drug-likeness (QED) is 0.750. The molecule has 3 N–H and O–H groups in total. The average Bonchev–Trinajstić information content (AvgIpc) is 2.46. The summed E-state index contributed by atoms with van der Waals surface area (Å²) in [6.07, 6.45) is -1.29. The lowest BCUT2D eigenvalue weighted by Gasteiger charge is -2.35. The fraction of sp³-hybridized carbons (Fsp3) is 0.267.